The molecular formula is C13H19NO4. The number of hydrogen-bond acceptors (Lipinski definition) is 4. The molecule has 1 aromatic carbocycles. The zero-order valence-corrected chi connectivity index (χ0v) is 10.1. The van der Waals surface area contributed by atoms with Gasteiger partial charge in [0.1, 0.15) is 6.10 Å². The summed E-state index contributed by atoms with van der Waals surface area (Å²) in [6.45, 7) is 0.303. The smallest absolute Gasteiger partial charge is 0.303 e. The normalized spacial score (nSPS) is 14.2. The largest absolute Gasteiger partial charge is 0.481 e. The Hall–Kier alpha value is -1.43. The second kappa shape index (κ2) is 7.10. The molecule has 1 aromatic rings. The van der Waals surface area contributed by atoms with Crippen molar-refractivity contribution >= 4 is 5.97 Å². The lowest BCUT2D eigenvalue weighted by molar-refractivity contribution is -0.136. The molecule has 0 amide bonds. The lowest BCUT2D eigenvalue weighted by Gasteiger charge is -2.18. The number of aryl methyl sites for hydroxylation is 1. The van der Waals surface area contributed by atoms with Crippen LogP contribution in [0.3, 0.4) is 0 Å². The van der Waals surface area contributed by atoms with Gasteiger partial charge in [-0.2, -0.15) is 0 Å². The predicted molar refractivity (Wildman–Crippen MR) is 67.0 cm³/mol. The van der Waals surface area contributed by atoms with Crippen LogP contribution in [0.1, 0.15) is 30.1 Å². The maximum Gasteiger partial charge on any atom is 0.303 e. The van der Waals surface area contributed by atoms with Crippen molar-refractivity contribution in [3.05, 3.63) is 35.4 Å². The van der Waals surface area contributed by atoms with Crippen LogP contribution in [0.4, 0.5) is 0 Å². The highest BCUT2D eigenvalue weighted by Gasteiger charge is 2.17. The number of nitrogens with two attached hydrogens (primary N) is 1. The van der Waals surface area contributed by atoms with Crippen LogP contribution in [-0.4, -0.2) is 33.9 Å². The Morgan fingerprint density at radius 3 is 2.67 bits per heavy atom. The summed E-state index contributed by atoms with van der Waals surface area (Å²) in [6.07, 6.45) is -1.11. The van der Waals surface area contributed by atoms with E-state index in [1.165, 1.54) is 0 Å². The fraction of sp³-hybridized carbons (Fsp3) is 0.462. The van der Waals surface area contributed by atoms with Gasteiger partial charge in [0, 0.05) is 6.42 Å². The van der Waals surface area contributed by atoms with E-state index in [1.54, 1.807) is 24.3 Å². The van der Waals surface area contributed by atoms with Crippen molar-refractivity contribution in [1.29, 1.82) is 0 Å². The van der Waals surface area contributed by atoms with Crippen molar-refractivity contribution in [3.8, 4) is 0 Å². The molecule has 5 nitrogen and oxygen atoms in total. The van der Waals surface area contributed by atoms with E-state index < -0.39 is 18.2 Å². The van der Waals surface area contributed by atoms with Crippen LogP contribution < -0.4 is 5.73 Å². The monoisotopic (exact) mass is 253 g/mol. The van der Waals surface area contributed by atoms with Gasteiger partial charge in [0.15, 0.2) is 0 Å². The molecule has 0 fully saturated rings. The summed E-state index contributed by atoms with van der Waals surface area (Å²) in [5.41, 5.74) is 6.73. The molecule has 5 N–H and O–H groups in total. The average Bonchev–Trinajstić information content (AvgIpc) is 2.36. The van der Waals surface area contributed by atoms with Crippen molar-refractivity contribution in [3.63, 3.8) is 0 Å². The molecule has 2 atom stereocenters. The summed E-state index contributed by atoms with van der Waals surface area (Å²) in [5, 5.41) is 28.2. The molecule has 100 valence electrons. The minimum atomic E-state index is -0.988. The van der Waals surface area contributed by atoms with Gasteiger partial charge in [0.05, 0.1) is 6.10 Å². The first-order chi connectivity index (χ1) is 8.54. The highest BCUT2D eigenvalue weighted by Crippen LogP contribution is 2.20. The second-order valence-electron chi connectivity index (χ2n) is 4.23. The van der Waals surface area contributed by atoms with Crippen molar-refractivity contribution in [2.45, 2.75) is 31.5 Å². The molecule has 0 saturated carbocycles. The zero-order chi connectivity index (χ0) is 13.5. The first-order valence-electron chi connectivity index (χ1n) is 5.91. The van der Waals surface area contributed by atoms with Gasteiger partial charge < -0.3 is 21.1 Å². The number of carboxylic acid groups (broad SMARTS) is 1. The van der Waals surface area contributed by atoms with E-state index in [1.807, 2.05) is 0 Å². The van der Waals surface area contributed by atoms with Crippen LogP contribution >= 0.6 is 0 Å². The number of aliphatic hydroxyl groups is 2. The van der Waals surface area contributed by atoms with Gasteiger partial charge in [-0.15, -0.1) is 0 Å². The number of rotatable bonds is 7. The van der Waals surface area contributed by atoms with Gasteiger partial charge in [-0.1, -0.05) is 24.3 Å². The van der Waals surface area contributed by atoms with E-state index in [9.17, 15) is 15.0 Å². The van der Waals surface area contributed by atoms with Crippen LogP contribution in [0.25, 0.3) is 0 Å². The molecule has 0 bridgehead atoms. The summed E-state index contributed by atoms with van der Waals surface area (Å²) >= 11 is 0. The molecule has 1 rings (SSSR count). The molecule has 0 aromatic heterocycles. The summed E-state index contributed by atoms with van der Waals surface area (Å²) in [4.78, 5) is 10.5. The minimum Gasteiger partial charge on any atom is -0.481 e. The summed E-state index contributed by atoms with van der Waals surface area (Å²) < 4.78 is 0. The van der Waals surface area contributed by atoms with Crippen molar-refractivity contribution in [2.75, 3.05) is 6.54 Å². The summed E-state index contributed by atoms with van der Waals surface area (Å²) in [7, 11) is 0. The minimum absolute atomic E-state index is 0.0465. The van der Waals surface area contributed by atoms with E-state index >= 15 is 0 Å². The Kier molecular flexibility index (Phi) is 5.77. The molecule has 0 aliphatic heterocycles. The highest BCUT2D eigenvalue weighted by molar-refractivity contribution is 5.67. The van der Waals surface area contributed by atoms with Gasteiger partial charge in [0.25, 0.3) is 0 Å². The first-order valence-corrected chi connectivity index (χ1v) is 5.91. The molecule has 0 spiro atoms. The molecule has 0 saturated heterocycles. The van der Waals surface area contributed by atoms with Crippen LogP contribution in [0, 0.1) is 0 Å². The summed E-state index contributed by atoms with van der Waals surface area (Å²) in [6, 6.07) is 6.96. The van der Waals surface area contributed by atoms with Crippen molar-refractivity contribution < 1.29 is 20.1 Å². The molecule has 2 unspecified atom stereocenters. The van der Waals surface area contributed by atoms with E-state index in [4.69, 9.17) is 10.8 Å². The maximum atomic E-state index is 10.5. The number of carbonyl (C=O) groups is 1. The van der Waals surface area contributed by atoms with Gasteiger partial charge >= 0.3 is 5.97 Å². The molecular weight excluding hydrogens is 234 g/mol. The second-order valence-corrected chi connectivity index (χ2v) is 4.23. The van der Waals surface area contributed by atoms with Crippen molar-refractivity contribution in [2.24, 2.45) is 5.73 Å². The Balaban J connectivity index is 2.71. The molecule has 0 aliphatic carbocycles. The predicted octanol–water partition coefficient (Wildman–Crippen LogP) is 0.447. The van der Waals surface area contributed by atoms with E-state index in [0.717, 1.165) is 5.56 Å². The third-order valence-corrected chi connectivity index (χ3v) is 2.75. The lowest BCUT2D eigenvalue weighted by atomic mass is 9.98. The molecule has 0 heterocycles. The fourth-order valence-corrected chi connectivity index (χ4v) is 1.73. The third-order valence-electron chi connectivity index (χ3n) is 2.75. The maximum absolute atomic E-state index is 10.5. The van der Waals surface area contributed by atoms with Crippen LogP contribution in [0.15, 0.2) is 24.3 Å². The standard InChI is InChI=1S/C13H19NO4/c14-7-6-11(15)13(18)10-3-1-2-9(8-10)4-5-12(16)17/h1-3,8,11,13,15,18H,4-7,14H2,(H,16,17). The van der Waals surface area contributed by atoms with E-state index in [-0.39, 0.29) is 6.42 Å². The Morgan fingerprint density at radius 1 is 1.33 bits per heavy atom. The van der Waals surface area contributed by atoms with Gasteiger partial charge in [-0.05, 0) is 30.5 Å². The average molecular weight is 253 g/mol. The lowest BCUT2D eigenvalue weighted by Crippen LogP contribution is -2.21. The molecule has 5 heteroatoms. The highest BCUT2D eigenvalue weighted by atomic mass is 16.4. The van der Waals surface area contributed by atoms with Gasteiger partial charge in [-0.3, -0.25) is 4.79 Å². The fourth-order valence-electron chi connectivity index (χ4n) is 1.73. The topological polar surface area (TPSA) is 104 Å². The third kappa shape index (κ3) is 4.44. The number of aliphatic carboxylic acids is 1. The Morgan fingerprint density at radius 2 is 2.06 bits per heavy atom. The van der Waals surface area contributed by atoms with Gasteiger partial charge in [-0.25, -0.2) is 0 Å². The Labute approximate surface area is 106 Å². The molecule has 18 heavy (non-hydrogen) atoms. The van der Waals surface area contributed by atoms with Gasteiger partial charge in [0.2, 0.25) is 0 Å². The summed E-state index contributed by atoms with van der Waals surface area (Å²) in [5.74, 6) is -0.857. The zero-order valence-electron chi connectivity index (χ0n) is 10.1. The first kappa shape index (κ1) is 14.6. The molecule has 0 radical (unpaired) electrons. The number of hydrogen-bond donors (Lipinski definition) is 4. The Bertz CT molecular complexity index is 394. The van der Waals surface area contributed by atoms with Crippen LogP contribution in [-0.2, 0) is 11.2 Å². The van der Waals surface area contributed by atoms with Crippen LogP contribution in [0.2, 0.25) is 0 Å². The SMILES string of the molecule is NCCC(O)C(O)c1cccc(CCC(=O)O)c1. The number of carboxylic acids is 1. The quantitative estimate of drug-likeness (QED) is 0.564. The van der Waals surface area contributed by atoms with Crippen molar-refractivity contribution in [1.82, 2.24) is 0 Å². The number of benzene rings is 1. The molecule has 0 aliphatic rings. The van der Waals surface area contributed by atoms with E-state index in [0.29, 0.717) is 24.9 Å². The van der Waals surface area contributed by atoms with Crippen LogP contribution in [0.5, 0.6) is 0 Å². The van der Waals surface area contributed by atoms with E-state index in [2.05, 4.69) is 0 Å². The number of aliphatic hydroxyl groups excluding tert-OH is 2.